The molecule has 0 aliphatic carbocycles. The zero-order valence-corrected chi connectivity index (χ0v) is 10.6. The van der Waals surface area contributed by atoms with E-state index in [-0.39, 0.29) is 11.4 Å². The van der Waals surface area contributed by atoms with Crippen molar-refractivity contribution in [3.8, 4) is 5.75 Å². The van der Waals surface area contributed by atoms with Crippen molar-refractivity contribution in [3.63, 3.8) is 0 Å². The summed E-state index contributed by atoms with van der Waals surface area (Å²) in [5.41, 5.74) is 9.01. The number of methoxy groups -OCH3 is 1. The van der Waals surface area contributed by atoms with Crippen molar-refractivity contribution in [2.24, 2.45) is 21.8 Å². The maximum absolute atomic E-state index is 10.9. The van der Waals surface area contributed by atoms with Gasteiger partial charge in [0.15, 0.2) is 11.9 Å². The third-order valence-corrected chi connectivity index (χ3v) is 2.60. The van der Waals surface area contributed by atoms with Gasteiger partial charge in [-0.1, -0.05) is 0 Å². The van der Waals surface area contributed by atoms with Gasteiger partial charge in [-0.05, 0) is 12.1 Å². The Morgan fingerprint density at radius 2 is 2.35 bits per heavy atom. The molecule has 1 unspecified atom stereocenters. The molecular formula is C10H13N7O3. The van der Waals surface area contributed by atoms with Crippen LogP contribution in [0.4, 0.5) is 11.4 Å². The molecule has 1 aromatic carbocycles. The smallest absolute Gasteiger partial charge is 0.313 e. The van der Waals surface area contributed by atoms with Crippen molar-refractivity contribution in [1.29, 1.82) is 0 Å². The van der Waals surface area contributed by atoms with E-state index in [4.69, 9.17) is 16.3 Å². The quantitative estimate of drug-likeness (QED) is 0.394. The Bertz CT molecular complexity index is 586. The molecule has 2 rings (SSSR count). The lowest BCUT2D eigenvalue weighted by Crippen LogP contribution is -2.44. The van der Waals surface area contributed by atoms with Crippen molar-refractivity contribution in [2.75, 3.05) is 12.5 Å². The van der Waals surface area contributed by atoms with Crippen LogP contribution >= 0.6 is 0 Å². The number of hydrogen-bond donors (Lipinski definition) is 3. The molecule has 5 N–H and O–H groups in total. The highest BCUT2D eigenvalue weighted by Crippen LogP contribution is 2.29. The molecule has 0 spiro atoms. The monoisotopic (exact) mass is 279 g/mol. The fourth-order valence-electron chi connectivity index (χ4n) is 1.54. The van der Waals surface area contributed by atoms with Crippen molar-refractivity contribution < 1.29 is 9.66 Å². The molecule has 10 nitrogen and oxygen atoms in total. The van der Waals surface area contributed by atoms with Crippen LogP contribution in [0.3, 0.4) is 0 Å². The molecule has 1 heterocycles. The normalized spacial score (nSPS) is 19.4. The summed E-state index contributed by atoms with van der Waals surface area (Å²) in [6.07, 6.45) is 0.742. The van der Waals surface area contributed by atoms with E-state index in [0.717, 1.165) is 5.12 Å². The Hall–Kier alpha value is -2.72. The Kier molecular flexibility index (Phi) is 3.77. The third kappa shape index (κ3) is 2.65. The minimum Gasteiger partial charge on any atom is -0.490 e. The van der Waals surface area contributed by atoms with Crippen LogP contribution in [0.15, 0.2) is 28.4 Å². The topological polar surface area (TPSA) is 144 Å². The molecule has 0 amide bonds. The highest BCUT2D eigenvalue weighted by atomic mass is 16.6. The van der Waals surface area contributed by atoms with Crippen molar-refractivity contribution in [1.82, 2.24) is 5.12 Å². The van der Waals surface area contributed by atoms with Crippen LogP contribution in [-0.2, 0) is 0 Å². The van der Waals surface area contributed by atoms with Crippen molar-refractivity contribution >= 4 is 23.3 Å². The maximum atomic E-state index is 10.9. The van der Waals surface area contributed by atoms with Crippen molar-refractivity contribution in [3.05, 3.63) is 28.3 Å². The predicted octanol–water partition coefficient (Wildman–Crippen LogP) is -0.169. The summed E-state index contributed by atoms with van der Waals surface area (Å²) in [7, 11) is 1.36. The molecule has 0 fully saturated rings. The van der Waals surface area contributed by atoms with Crippen LogP contribution in [0.25, 0.3) is 0 Å². The number of hydrogen-bond acceptors (Lipinski definition) is 9. The summed E-state index contributed by atoms with van der Waals surface area (Å²) >= 11 is 0. The highest BCUT2D eigenvalue weighted by Gasteiger charge is 2.21. The summed E-state index contributed by atoms with van der Waals surface area (Å²) in [4.78, 5) is 10.3. The maximum Gasteiger partial charge on any atom is 0.313 e. The fraction of sp³-hybridized carbons (Fsp3) is 0.200. The van der Waals surface area contributed by atoms with Crippen LogP contribution in [0, 0.1) is 10.1 Å². The average Bonchev–Trinajstić information content (AvgIpc) is 2.76. The van der Waals surface area contributed by atoms with Gasteiger partial charge in [-0.3, -0.25) is 15.5 Å². The summed E-state index contributed by atoms with van der Waals surface area (Å²) < 4.78 is 4.90. The van der Waals surface area contributed by atoms with Gasteiger partial charge in [0.25, 0.3) is 0 Å². The van der Waals surface area contributed by atoms with Gasteiger partial charge in [0.1, 0.15) is 5.71 Å². The molecule has 0 bridgehead atoms. The number of nitrogens with zero attached hydrogens (tertiary/aromatic N) is 4. The van der Waals surface area contributed by atoms with E-state index in [1.807, 2.05) is 0 Å². The number of rotatable bonds is 4. The lowest BCUT2D eigenvalue weighted by molar-refractivity contribution is -0.385. The van der Waals surface area contributed by atoms with Gasteiger partial charge in [-0.15, -0.1) is 0 Å². The second-order valence-corrected chi connectivity index (χ2v) is 3.86. The first-order valence-electron chi connectivity index (χ1n) is 5.52. The SMILES string of the molecule is COc1ccc(NN=C2C=NN(N)C2N)cc1[N+](=O)[O-]. The lowest BCUT2D eigenvalue weighted by Gasteiger charge is -2.12. The van der Waals surface area contributed by atoms with Gasteiger partial charge in [0, 0.05) is 6.07 Å². The van der Waals surface area contributed by atoms with Crippen LogP contribution in [0.2, 0.25) is 0 Å². The fourth-order valence-corrected chi connectivity index (χ4v) is 1.54. The van der Waals surface area contributed by atoms with E-state index in [2.05, 4.69) is 15.6 Å². The van der Waals surface area contributed by atoms with E-state index in [1.165, 1.54) is 25.5 Å². The highest BCUT2D eigenvalue weighted by molar-refractivity contribution is 6.34. The van der Waals surface area contributed by atoms with Gasteiger partial charge in [-0.2, -0.15) is 10.2 Å². The van der Waals surface area contributed by atoms with Crippen LogP contribution in [0.5, 0.6) is 5.75 Å². The van der Waals surface area contributed by atoms with Crippen LogP contribution in [0.1, 0.15) is 0 Å². The Morgan fingerprint density at radius 3 is 2.90 bits per heavy atom. The number of anilines is 1. The van der Waals surface area contributed by atoms with E-state index in [1.54, 1.807) is 6.07 Å². The Balaban J connectivity index is 2.19. The van der Waals surface area contributed by atoms with Gasteiger partial charge in [0.05, 0.1) is 23.9 Å². The third-order valence-electron chi connectivity index (χ3n) is 2.60. The molecule has 1 aliphatic rings. The van der Waals surface area contributed by atoms with E-state index < -0.39 is 11.1 Å². The minimum atomic E-state index is -0.657. The number of ether oxygens (including phenoxy) is 1. The summed E-state index contributed by atoms with van der Waals surface area (Å²) in [5.74, 6) is 5.60. The number of nitro groups is 1. The predicted molar refractivity (Wildman–Crippen MR) is 73.2 cm³/mol. The second kappa shape index (κ2) is 5.50. The number of hydrazone groups is 2. The van der Waals surface area contributed by atoms with Crippen molar-refractivity contribution in [2.45, 2.75) is 6.17 Å². The summed E-state index contributed by atoms with van der Waals surface area (Å²) in [5, 5.41) is 19.7. The minimum absolute atomic E-state index is 0.164. The summed E-state index contributed by atoms with van der Waals surface area (Å²) in [6, 6.07) is 4.37. The van der Waals surface area contributed by atoms with Gasteiger partial charge < -0.3 is 10.5 Å². The number of nitrogens with one attached hydrogen (secondary N) is 1. The summed E-state index contributed by atoms with van der Waals surface area (Å²) in [6.45, 7) is 0. The molecular weight excluding hydrogens is 266 g/mol. The molecule has 0 radical (unpaired) electrons. The molecule has 10 heteroatoms. The molecule has 20 heavy (non-hydrogen) atoms. The molecule has 0 aromatic heterocycles. The van der Waals surface area contributed by atoms with E-state index in [0.29, 0.717) is 11.4 Å². The van der Waals surface area contributed by atoms with Gasteiger partial charge in [-0.25, -0.2) is 11.0 Å². The first-order valence-corrected chi connectivity index (χ1v) is 5.52. The first-order chi connectivity index (χ1) is 9.52. The number of benzene rings is 1. The molecule has 1 atom stereocenters. The molecule has 0 saturated carbocycles. The van der Waals surface area contributed by atoms with E-state index >= 15 is 0 Å². The standard InChI is InChI=1S/C10H13N7O3/c1-20-9-3-2-6(4-8(9)17(18)19)14-15-7-5-13-16(12)10(7)11/h2-5,10,14H,11-12H2,1H3. The molecule has 1 aromatic rings. The Labute approximate surface area is 113 Å². The van der Waals surface area contributed by atoms with Crippen LogP contribution < -0.4 is 21.7 Å². The first kappa shape index (κ1) is 13.7. The average molecular weight is 279 g/mol. The largest absolute Gasteiger partial charge is 0.490 e. The zero-order valence-electron chi connectivity index (χ0n) is 10.6. The van der Waals surface area contributed by atoms with Crippen LogP contribution in [-0.4, -0.2) is 35.2 Å². The molecule has 106 valence electrons. The second-order valence-electron chi connectivity index (χ2n) is 3.86. The lowest BCUT2D eigenvalue weighted by atomic mass is 10.2. The van der Waals surface area contributed by atoms with Gasteiger partial charge >= 0.3 is 5.69 Å². The van der Waals surface area contributed by atoms with Gasteiger partial charge in [0.2, 0.25) is 0 Å². The molecule has 0 saturated heterocycles. The number of nitro benzene ring substituents is 1. The Morgan fingerprint density at radius 1 is 1.60 bits per heavy atom. The number of nitrogens with two attached hydrogens (primary N) is 2. The zero-order chi connectivity index (χ0) is 14.7. The van der Waals surface area contributed by atoms with E-state index in [9.17, 15) is 10.1 Å². The molecule has 1 aliphatic heterocycles. The number of hydrazine groups is 1.